The number of aliphatic imine (C=N–C) groups is 1. The summed E-state index contributed by atoms with van der Waals surface area (Å²) in [5.74, 6) is 1.78. The zero-order valence-corrected chi connectivity index (χ0v) is 19.3. The first-order valence-corrected chi connectivity index (χ1v) is 11.9. The number of piperidine rings is 2. The quantitative estimate of drug-likeness (QED) is 0.587. The van der Waals surface area contributed by atoms with Gasteiger partial charge in [0.15, 0.2) is 5.96 Å². The van der Waals surface area contributed by atoms with E-state index in [0.717, 1.165) is 32.0 Å². The SMILES string of the molecule is CN=C(NCC1(N2CCCCC2)CCN(C)CC1)N1CCC(Cc2cnn(C)c2)C1. The van der Waals surface area contributed by atoms with Crippen LogP contribution in [0.15, 0.2) is 17.4 Å². The molecule has 3 fully saturated rings. The molecule has 1 aromatic heterocycles. The average molecular weight is 416 g/mol. The molecular formula is C23H41N7. The summed E-state index contributed by atoms with van der Waals surface area (Å²) < 4.78 is 1.91. The third-order valence-electron chi connectivity index (χ3n) is 7.60. The van der Waals surface area contributed by atoms with Crippen LogP contribution in [0.4, 0.5) is 0 Å². The zero-order chi connectivity index (χ0) is 21.0. The summed E-state index contributed by atoms with van der Waals surface area (Å²) in [5, 5.41) is 8.15. The molecule has 7 heteroatoms. The van der Waals surface area contributed by atoms with Gasteiger partial charge in [0.2, 0.25) is 0 Å². The average Bonchev–Trinajstić information content (AvgIpc) is 3.40. The van der Waals surface area contributed by atoms with Crippen LogP contribution < -0.4 is 5.32 Å². The summed E-state index contributed by atoms with van der Waals surface area (Å²) in [6.07, 6.45) is 13.1. The first-order chi connectivity index (χ1) is 14.6. The molecular weight excluding hydrogens is 374 g/mol. The van der Waals surface area contributed by atoms with E-state index in [0.29, 0.717) is 5.92 Å². The molecule has 168 valence electrons. The summed E-state index contributed by atoms with van der Waals surface area (Å²) in [6.45, 7) is 8.15. The molecule has 1 N–H and O–H groups in total. The second-order valence-corrected chi connectivity index (χ2v) is 9.80. The predicted octanol–water partition coefficient (Wildman–Crippen LogP) is 1.81. The highest BCUT2D eigenvalue weighted by Crippen LogP contribution is 2.31. The number of aryl methyl sites for hydroxylation is 1. The van der Waals surface area contributed by atoms with Crippen LogP contribution in [0.2, 0.25) is 0 Å². The van der Waals surface area contributed by atoms with E-state index in [4.69, 9.17) is 0 Å². The minimum Gasteiger partial charge on any atom is -0.354 e. The maximum absolute atomic E-state index is 4.68. The predicted molar refractivity (Wildman–Crippen MR) is 123 cm³/mol. The number of guanidine groups is 1. The first kappa shape index (κ1) is 21.6. The molecule has 4 rings (SSSR count). The monoisotopic (exact) mass is 415 g/mol. The molecule has 0 aromatic carbocycles. The lowest BCUT2D eigenvalue weighted by Crippen LogP contribution is -2.62. The number of likely N-dealkylation sites (tertiary alicyclic amines) is 3. The molecule has 30 heavy (non-hydrogen) atoms. The summed E-state index contributed by atoms with van der Waals surface area (Å²) in [5.41, 5.74) is 1.64. The van der Waals surface area contributed by atoms with Gasteiger partial charge in [-0.2, -0.15) is 5.10 Å². The van der Waals surface area contributed by atoms with E-state index in [2.05, 4.69) is 43.4 Å². The highest BCUT2D eigenvalue weighted by molar-refractivity contribution is 5.80. The summed E-state index contributed by atoms with van der Waals surface area (Å²) >= 11 is 0. The maximum atomic E-state index is 4.68. The number of rotatable bonds is 5. The Bertz CT molecular complexity index is 698. The Kier molecular flexibility index (Phi) is 6.98. The van der Waals surface area contributed by atoms with Crippen molar-refractivity contribution in [3.05, 3.63) is 18.0 Å². The van der Waals surface area contributed by atoms with Crippen molar-refractivity contribution in [3.8, 4) is 0 Å². The lowest BCUT2D eigenvalue weighted by atomic mass is 9.84. The fourth-order valence-electron chi connectivity index (χ4n) is 5.69. The van der Waals surface area contributed by atoms with Gasteiger partial charge in [-0.3, -0.25) is 14.6 Å². The van der Waals surface area contributed by atoms with Crippen molar-refractivity contribution in [2.24, 2.45) is 18.0 Å². The fraction of sp³-hybridized carbons (Fsp3) is 0.826. The molecule has 0 amide bonds. The van der Waals surface area contributed by atoms with Gasteiger partial charge in [-0.05, 0) is 83.2 Å². The van der Waals surface area contributed by atoms with Crippen LogP contribution in [-0.2, 0) is 13.5 Å². The smallest absolute Gasteiger partial charge is 0.193 e. The Morgan fingerprint density at radius 2 is 1.90 bits per heavy atom. The number of hydrogen-bond acceptors (Lipinski definition) is 4. The Morgan fingerprint density at radius 3 is 2.57 bits per heavy atom. The van der Waals surface area contributed by atoms with E-state index in [1.54, 1.807) is 0 Å². The Morgan fingerprint density at radius 1 is 1.13 bits per heavy atom. The number of aromatic nitrogens is 2. The Labute approximate surface area is 182 Å². The summed E-state index contributed by atoms with van der Waals surface area (Å²) in [6, 6.07) is 0. The standard InChI is InChI=1S/C23H41N7/c1-24-22(29-12-7-20(18-29)15-21-16-26-28(3)17-21)25-19-23(8-13-27(2)14-9-23)30-10-5-4-6-11-30/h16-17,20H,4-15,18-19H2,1-3H3,(H,24,25). The van der Waals surface area contributed by atoms with Gasteiger partial charge >= 0.3 is 0 Å². The van der Waals surface area contributed by atoms with E-state index in [-0.39, 0.29) is 5.54 Å². The normalized spacial score (nSPS) is 26.3. The number of hydrogen-bond donors (Lipinski definition) is 1. The van der Waals surface area contributed by atoms with Crippen LogP contribution in [0.5, 0.6) is 0 Å². The molecule has 3 aliphatic heterocycles. The molecule has 1 unspecified atom stereocenters. The molecule has 0 bridgehead atoms. The zero-order valence-electron chi connectivity index (χ0n) is 19.3. The third-order valence-corrected chi connectivity index (χ3v) is 7.60. The highest BCUT2D eigenvalue weighted by atomic mass is 15.3. The van der Waals surface area contributed by atoms with Crippen molar-refractivity contribution < 1.29 is 0 Å². The van der Waals surface area contributed by atoms with Crippen molar-refractivity contribution in [2.45, 2.75) is 50.5 Å². The molecule has 3 aliphatic rings. The molecule has 0 spiro atoms. The maximum Gasteiger partial charge on any atom is 0.193 e. The molecule has 1 atom stereocenters. The lowest BCUT2D eigenvalue weighted by Gasteiger charge is -2.50. The second-order valence-electron chi connectivity index (χ2n) is 9.80. The van der Waals surface area contributed by atoms with Gasteiger partial charge in [-0.25, -0.2) is 0 Å². The Hall–Kier alpha value is -1.60. The van der Waals surface area contributed by atoms with Crippen molar-refractivity contribution in [1.29, 1.82) is 0 Å². The molecule has 0 radical (unpaired) electrons. The van der Waals surface area contributed by atoms with Gasteiger partial charge in [0.1, 0.15) is 0 Å². The van der Waals surface area contributed by atoms with Gasteiger partial charge < -0.3 is 15.1 Å². The Balaban J connectivity index is 1.35. The minimum atomic E-state index is 0.289. The van der Waals surface area contributed by atoms with Crippen molar-refractivity contribution in [1.82, 2.24) is 29.8 Å². The summed E-state index contributed by atoms with van der Waals surface area (Å²) in [4.78, 5) is 12.4. The molecule has 0 aliphatic carbocycles. The van der Waals surface area contributed by atoms with Gasteiger partial charge in [-0.15, -0.1) is 0 Å². The van der Waals surface area contributed by atoms with E-state index in [1.165, 1.54) is 70.3 Å². The lowest BCUT2D eigenvalue weighted by molar-refractivity contribution is 0.0170. The van der Waals surface area contributed by atoms with E-state index in [9.17, 15) is 0 Å². The fourth-order valence-corrected chi connectivity index (χ4v) is 5.69. The molecule has 3 saturated heterocycles. The van der Waals surface area contributed by atoms with Crippen LogP contribution in [-0.4, -0.2) is 95.9 Å². The van der Waals surface area contributed by atoms with Crippen LogP contribution in [0.25, 0.3) is 0 Å². The van der Waals surface area contributed by atoms with E-state index < -0.39 is 0 Å². The molecule has 0 saturated carbocycles. The van der Waals surface area contributed by atoms with Crippen LogP contribution in [0.1, 0.15) is 44.1 Å². The number of nitrogens with zero attached hydrogens (tertiary/aromatic N) is 6. The number of nitrogens with one attached hydrogen (secondary N) is 1. The van der Waals surface area contributed by atoms with Crippen LogP contribution in [0.3, 0.4) is 0 Å². The van der Waals surface area contributed by atoms with Gasteiger partial charge in [0, 0.05) is 45.5 Å². The highest BCUT2D eigenvalue weighted by Gasteiger charge is 2.40. The second kappa shape index (κ2) is 9.69. The topological polar surface area (TPSA) is 51.9 Å². The van der Waals surface area contributed by atoms with Crippen LogP contribution in [0, 0.1) is 5.92 Å². The van der Waals surface area contributed by atoms with Gasteiger partial charge in [0.25, 0.3) is 0 Å². The first-order valence-electron chi connectivity index (χ1n) is 11.9. The molecule has 7 nitrogen and oxygen atoms in total. The van der Waals surface area contributed by atoms with Crippen molar-refractivity contribution in [2.75, 3.05) is 59.9 Å². The van der Waals surface area contributed by atoms with Gasteiger partial charge in [-0.1, -0.05) is 6.42 Å². The minimum absolute atomic E-state index is 0.289. The molecule has 1 aromatic rings. The van der Waals surface area contributed by atoms with E-state index >= 15 is 0 Å². The largest absolute Gasteiger partial charge is 0.354 e. The van der Waals surface area contributed by atoms with Crippen molar-refractivity contribution >= 4 is 5.96 Å². The summed E-state index contributed by atoms with van der Waals surface area (Å²) in [7, 11) is 6.20. The van der Waals surface area contributed by atoms with Crippen molar-refractivity contribution in [3.63, 3.8) is 0 Å². The van der Waals surface area contributed by atoms with Gasteiger partial charge in [0.05, 0.1) is 6.20 Å². The van der Waals surface area contributed by atoms with E-state index in [1.807, 2.05) is 25.0 Å². The third kappa shape index (κ3) is 4.99. The molecule has 4 heterocycles. The van der Waals surface area contributed by atoms with Crippen LogP contribution >= 0.6 is 0 Å².